The van der Waals surface area contributed by atoms with Crippen LogP contribution >= 0.6 is 23.2 Å². The smallest absolute Gasteiger partial charge is 0.330 e. The van der Waals surface area contributed by atoms with Crippen LogP contribution in [0.25, 0.3) is 11.1 Å². The maximum Gasteiger partial charge on any atom is 0.330 e. The van der Waals surface area contributed by atoms with Crippen molar-refractivity contribution >= 4 is 70.5 Å². The minimum absolute atomic E-state index is 0.0678. The fourth-order valence-corrected chi connectivity index (χ4v) is 13.9. The number of benzene rings is 7. The summed E-state index contributed by atoms with van der Waals surface area (Å²) in [5, 5.41) is 163. The number of carbonyl (C=O) groups excluding carboxylic acids is 7. The van der Waals surface area contributed by atoms with Crippen LogP contribution in [0.15, 0.2) is 115 Å². The minimum atomic E-state index is -2.51. The third-order valence-corrected chi connectivity index (χ3v) is 19.6. The van der Waals surface area contributed by atoms with Crippen molar-refractivity contribution in [3.8, 4) is 80.1 Å². The van der Waals surface area contributed by atoms with E-state index < -0.39 is 261 Å². The predicted molar refractivity (Wildman–Crippen MR) is 372 cm³/mol. The van der Waals surface area contributed by atoms with E-state index in [0.717, 1.165) is 91.9 Å². The Kier molecular flexibility index (Phi) is 21.6. The second-order valence-electron chi connectivity index (χ2n) is 26.4. The number of carboxylic acids is 1. The molecule has 22 N–H and O–H groups in total. The van der Waals surface area contributed by atoms with Gasteiger partial charge in [0.2, 0.25) is 53.4 Å². The molecule has 36 nitrogen and oxygen atoms in total. The molecule has 8 aliphatic rings. The fourth-order valence-electron chi connectivity index (χ4n) is 13.5. The Morgan fingerprint density at radius 3 is 1.75 bits per heavy atom. The second kappa shape index (κ2) is 31.0. The van der Waals surface area contributed by atoms with E-state index in [4.69, 9.17) is 62.1 Å². The van der Waals surface area contributed by atoms with Crippen LogP contribution in [-0.4, -0.2) is 200 Å². The summed E-state index contributed by atoms with van der Waals surface area (Å²) in [6.07, 6.45) is -20.7. The quantitative estimate of drug-likeness (QED) is 0.0980. The molecule has 0 radical (unpaired) electrons. The number of hydrogen-bond acceptors (Lipinski definition) is 28. The van der Waals surface area contributed by atoms with Crippen LogP contribution in [0.2, 0.25) is 10.0 Å². The number of amides is 7. The molecule has 8 heterocycles. The number of ether oxygens (including phenoxy) is 7. The molecular weight excluding hydrogens is 1500 g/mol. The largest absolute Gasteiger partial charge is 0.508 e. The Morgan fingerprint density at radius 1 is 0.536 bits per heavy atom. The van der Waals surface area contributed by atoms with Crippen molar-refractivity contribution in [2.45, 2.75) is 123 Å². The summed E-state index contributed by atoms with van der Waals surface area (Å²) in [6.45, 7) is -1.05. The normalized spacial score (nSPS) is 28.1. The van der Waals surface area contributed by atoms with Gasteiger partial charge in [-0.25, -0.2) is 4.79 Å². The zero-order valence-electron chi connectivity index (χ0n) is 56.8. The zero-order valence-corrected chi connectivity index (χ0v) is 58.3. The molecular formula is C72H68Cl2N8O28. The lowest BCUT2D eigenvalue weighted by Crippen LogP contribution is -2.65. The first-order chi connectivity index (χ1) is 52.3. The first kappa shape index (κ1) is 76.8. The van der Waals surface area contributed by atoms with Crippen LogP contribution in [0.4, 0.5) is 0 Å². The van der Waals surface area contributed by atoms with E-state index in [2.05, 4.69) is 37.2 Å². The van der Waals surface area contributed by atoms with Gasteiger partial charge in [0.1, 0.15) is 131 Å². The lowest BCUT2D eigenvalue weighted by molar-refractivity contribution is -0.284. The molecule has 0 aliphatic carbocycles. The highest BCUT2D eigenvalue weighted by molar-refractivity contribution is 6.32. The summed E-state index contributed by atoms with van der Waals surface area (Å²) in [4.78, 5) is 121. The van der Waals surface area contributed by atoms with Gasteiger partial charge in [-0.1, -0.05) is 47.5 Å². The number of nitrogens with two attached hydrogens (primary N) is 1. The molecule has 2 fully saturated rings. The molecule has 7 aromatic rings. The lowest BCUT2D eigenvalue weighted by atomic mass is 9.89. The van der Waals surface area contributed by atoms with Crippen molar-refractivity contribution in [3.63, 3.8) is 0 Å². The summed E-state index contributed by atoms with van der Waals surface area (Å²) >= 11 is 14.1. The highest BCUT2D eigenvalue weighted by Crippen LogP contribution is 2.50. The molecule has 0 aromatic heterocycles. The molecule has 0 saturated carbocycles. The number of phenols is 5. The molecule has 110 heavy (non-hydrogen) atoms. The van der Waals surface area contributed by atoms with Crippen LogP contribution in [0, 0.1) is 0 Å². The summed E-state index contributed by atoms with van der Waals surface area (Å²) in [6, 6.07) is 3.70. The Hall–Kier alpha value is -11.4. The monoisotopic (exact) mass is 1560 g/mol. The molecule has 8 aliphatic heterocycles. The number of rotatable bonds is 8. The van der Waals surface area contributed by atoms with Crippen molar-refractivity contribution in [1.29, 1.82) is 0 Å². The topological polar surface area (TPSA) is 574 Å². The van der Waals surface area contributed by atoms with E-state index in [9.17, 15) is 80.8 Å². The highest BCUT2D eigenvalue weighted by atomic mass is 35.5. The Balaban J connectivity index is 1.05. The van der Waals surface area contributed by atoms with E-state index >= 15 is 24.0 Å². The van der Waals surface area contributed by atoms with E-state index in [-0.39, 0.29) is 44.5 Å². The Labute approximate surface area is 629 Å². The van der Waals surface area contributed by atoms with E-state index in [1.807, 2.05) is 0 Å². The van der Waals surface area contributed by atoms with Crippen LogP contribution in [0.3, 0.4) is 0 Å². The van der Waals surface area contributed by atoms with Gasteiger partial charge in [0.15, 0.2) is 35.3 Å². The number of aliphatic hydroxyl groups excluding tert-OH is 7. The van der Waals surface area contributed by atoms with Gasteiger partial charge in [0.05, 0.1) is 23.3 Å². The number of phenolic OH excluding ortho intramolecular Hbond substituents is 5. The summed E-state index contributed by atoms with van der Waals surface area (Å²) < 4.78 is 43.0. The number of aromatic hydroxyl groups is 5. The van der Waals surface area contributed by atoms with Crippen molar-refractivity contribution in [1.82, 2.24) is 37.2 Å². The SMILES string of the molecule is CC(=O)N[C@@H]1[C@H](O[C@@H]2c3ccc(c(Cl)c3)Oc3cc4cc(c3O)Oc3ccc(cc3Cl)C[C@H]3NC(=O)[C@H](N)c5ccc(O)c(c5)Oc5cc(O)cc(c5)[C@H](NC3=O)C(=O)N[C@H]4C(=O)N[C@H]3C(=O)N[C@@H]2C(=O)N[C@H](C(=O)O)c2cc(O)cc(O[C@H]4O[C@H](CO)[C@@H](O)[C@@H](O)[C@@H]4O)c2-c2cc3ccc2O)O[C@@H](CO)[C@@H](O)[C@@H]1O. The summed E-state index contributed by atoms with van der Waals surface area (Å²) in [7, 11) is 0. The number of halogens is 2. The molecule has 38 heteroatoms. The highest BCUT2D eigenvalue weighted by Gasteiger charge is 2.50. The number of aliphatic hydroxyl groups is 7. The Bertz CT molecular complexity index is 4880. The second-order valence-corrected chi connectivity index (χ2v) is 27.3. The molecule has 0 unspecified atom stereocenters. The zero-order chi connectivity index (χ0) is 78.7. The molecule has 18 atom stereocenters. The van der Waals surface area contributed by atoms with E-state index in [0.29, 0.717) is 0 Å². The minimum Gasteiger partial charge on any atom is -0.508 e. The maximum absolute atomic E-state index is 16.4. The fraction of sp³-hybridized carbons (Fsp3) is 0.306. The van der Waals surface area contributed by atoms with Gasteiger partial charge < -0.3 is 142 Å². The van der Waals surface area contributed by atoms with Gasteiger partial charge in [0.25, 0.3) is 0 Å². The van der Waals surface area contributed by atoms with Crippen molar-refractivity contribution < 1.29 is 138 Å². The van der Waals surface area contributed by atoms with Crippen LogP contribution in [0.5, 0.6) is 69.0 Å². The third kappa shape index (κ3) is 15.3. The third-order valence-electron chi connectivity index (χ3n) is 19.0. The average molecular weight is 1560 g/mol. The van der Waals surface area contributed by atoms with Crippen molar-refractivity contribution in [3.05, 3.63) is 164 Å². The summed E-state index contributed by atoms with van der Waals surface area (Å²) in [5.41, 5.74) is 3.25. The molecule has 2 saturated heterocycles. The van der Waals surface area contributed by atoms with Gasteiger partial charge >= 0.3 is 5.97 Å². The standard InChI is InChI=1S/C72H68Cl2N8O28/c1-24(85)76-55-60(93)58(91)47(22-83)108-71(55)110-63-28-5-9-42(37(74)15-28)106-46-18-30-17-45(57(46)90)105-41-8-2-25(10-36(41)73)11-38-64(96)78-52(29-12-31(86)19-33(13-29)104-43-16-26(3-7-40(43)89)50(75)65(97)77-38)67(99)80-53(30)68(100)79-51-27-4-6-39(88)34(14-27)49-35(54(70(102)103)81-69(101)56(63)82-66(51)98)20-32(87)21-44(49)107-72-62(95)61(94)59(92)48(23-84)109-72/h2-10,12-21,38,47-48,50-56,58-63,71-72,83-84,86-95H,11,22-23,75H2,1H3,(H,76,85)(H,77,97)(H,78,96)(H,79,100)(H,80,99)(H,81,101)(H,82,98)(H,102,103)/t38-,47+,48-,50-,51-,52+,53-,54+,55+,56+,58-,59-,60-,61-,62+,63-,71+,72+/m1/s1. The van der Waals surface area contributed by atoms with Crippen LogP contribution in [-0.2, 0) is 59.0 Å². The first-order valence-electron chi connectivity index (χ1n) is 33.5. The molecule has 15 rings (SSSR count). The molecule has 7 aromatic carbocycles. The van der Waals surface area contributed by atoms with E-state index in [1.54, 1.807) is 0 Å². The Morgan fingerprint density at radius 2 is 1.11 bits per heavy atom. The molecule has 0 spiro atoms. The van der Waals surface area contributed by atoms with E-state index in [1.165, 1.54) is 30.3 Å². The van der Waals surface area contributed by atoms with Gasteiger partial charge in [-0.3, -0.25) is 33.6 Å². The van der Waals surface area contributed by atoms with Gasteiger partial charge in [0, 0.05) is 42.2 Å². The number of hydrogen-bond donors (Lipinski definition) is 21. The molecule has 578 valence electrons. The summed E-state index contributed by atoms with van der Waals surface area (Å²) in [5.74, 6) is -18.0. The maximum atomic E-state index is 16.4. The van der Waals surface area contributed by atoms with Gasteiger partial charge in [-0.2, -0.15) is 0 Å². The number of carboxylic acid groups (broad SMARTS) is 1. The number of carbonyl (C=O) groups is 8. The average Bonchev–Trinajstić information content (AvgIpc) is 0.766. The molecule has 7 amide bonds. The van der Waals surface area contributed by atoms with Crippen LogP contribution in [0.1, 0.15) is 82.2 Å². The van der Waals surface area contributed by atoms with Crippen LogP contribution < -0.4 is 61.9 Å². The lowest BCUT2D eigenvalue weighted by Gasteiger charge is -2.44. The van der Waals surface area contributed by atoms with Crippen molar-refractivity contribution in [2.24, 2.45) is 5.73 Å². The first-order valence-corrected chi connectivity index (χ1v) is 34.3. The number of fused-ring (bicyclic) bond motifs is 14. The number of aliphatic carboxylic acids is 1. The number of nitrogens with one attached hydrogen (secondary N) is 7. The van der Waals surface area contributed by atoms with Crippen molar-refractivity contribution in [2.75, 3.05) is 13.2 Å². The predicted octanol–water partition coefficient (Wildman–Crippen LogP) is 0.426. The van der Waals surface area contributed by atoms with Gasteiger partial charge in [-0.05, 0) is 112 Å². The molecule has 17 bridgehead atoms. The van der Waals surface area contributed by atoms with Gasteiger partial charge in [-0.15, -0.1) is 0 Å².